The maximum absolute atomic E-state index is 6.12. The van der Waals surface area contributed by atoms with Crippen molar-refractivity contribution in [3.63, 3.8) is 0 Å². The number of hydrogen-bond donors (Lipinski definition) is 1. The van der Waals surface area contributed by atoms with Crippen LogP contribution in [0.15, 0.2) is 48.7 Å². The van der Waals surface area contributed by atoms with Gasteiger partial charge < -0.3 is 5.73 Å². The molecule has 3 nitrogen and oxygen atoms in total. The van der Waals surface area contributed by atoms with Gasteiger partial charge in [0, 0.05) is 17.0 Å². The van der Waals surface area contributed by atoms with Gasteiger partial charge in [0.2, 0.25) is 0 Å². The zero-order chi connectivity index (χ0) is 18.3. The summed E-state index contributed by atoms with van der Waals surface area (Å²) in [6, 6.07) is 14.9. The molecule has 4 rings (SSSR count). The van der Waals surface area contributed by atoms with Crippen LogP contribution in [0.25, 0.3) is 21.8 Å². The van der Waals surface area contributed by atoms with E-state index in [-0.39, 0.29) is 0 Å². The summed E-state index contributed by atoms with van der Waals surface area (Å²) < 4.78 is 0. The summed E-state index contributed by atoms with van der Waals surface area (Å²) in [5.74, 6) is 0.496. The number of fused-ring (bicyclic) bond motifs is 3. The first-order valence-corrected chi connectivity index (χ1v) is 9.02. The molecule has 0 spiro atoms. The molecule has 2 aromatic carbocycles. The molecular formula is C23H23N3. The highest BCUT2D eigenvalue weighted by Crippen LogP contribution is 2.27. The molecule has 2 heterocycles. The highest BCUT2D eigenvalue weighted by molar-refractivity contribution is 6.08. The van der Waals surface area contributed by atoms with E-state index in [0.29, 0.717) is 5.82 Å². The van der Waals surface area contributed by atoms with Crippen molar-refractivity contribution in [2.45, 2.75) is 33.6 Å². The Morgan fingerprint density at radius 3 is 2.38 bits per heavy atom. The third-order valence-corrected chi connectivity index (χ3v) is 5.13. The number of pyridine rings is 2. The van der Waals surface area contributed by atoms with Gasteiger partial charge in [0.25, 0.3) is 0 Å². The lowest BCUT2D eigenvalue weighted by Crippen LogP contribution is -2.00. The van der Waals surface area contributed by atoms with Crippen LogP contribution in [0.5, 0.6) is 0 Å². The number of para-hydroxylation sites is 1. The van der Waals surface area contributed by atoms with Crippen molar-refractivity contribution >= 4 is 27.6 Å². The van der Waals surface area contributed by atoms with Gasteiger partial charge >= 0.3 is 0 Å². The topological polar surface area (TPSA) is 51.8 Å². The number of anilines is 1. The summed E-state index contributed by atoms with van der Waals surface area (Å²) in [5.41, 5.74) is 14.6. The van der Waals surface area contributed by atoms with Crippen molar-refractivity contribution in [2.75, 3.05) is 5.73 Å². The molecule has 0 aliphatic rings. The van der Waals surface area contributed by atoms with E-state index in [1.807, 2.05) is 24.4 Å². The number of benzene rings is 2. The van der Waals surface area contributed by atoms with Crippen molar-refractivity contribution in [1.29, 1.82) is 0 Å². The van der Waals surface area contributed by atoms with E-state index in [0.717, 1.165) is 34.6 Å². The summed E-state index contributed by atoms with van der Waals surface area (Å²) in [6.07, 6.45) is 3.92. The molecule has 0 saturated carbocycles. The predicted octanol–water partition coefficient (Wildman–Crippen LogP) is 5.08. The van der Waals surface area contributed by atoms with Crippen molar-refractivity contribution in [1.82, 2.24) is 9.97 Å². The van der Waals surface area contributed by atoms with E-state index in [2.05, 4.69) is 55.0 Å². The average Bonchev–Trinajstić information content (AvgIpc) is 2.61. The lowest BCUT2D eigenvalue weighted by molar-refractivity contribution is 0.931. The maximum atomic E-state index is 6.12. The van der Waals surface area contributed by atoms with E-state index in [1.165, 1.54) is 27.8 Å². The Labute approximate surface area is 153 Å². The van der Waals surface area contributed by atoms with E-state index in [9.17, 15) is 0 Å². The molecule has 0 aliphatic carbocycles. The van der Waals surface area contributed by atoms with E-state index >= 15 is 0 Å². The number of aromatic nitrogens is 2. The number of rotatable bonds is 3. The molecule has 3 heteroatoms. The van der Waals surface area contributed by atoms with Gasteiger partial charge in [-0.15, -0.1) is 0 Å². The molecule has 0 radical (unpaired) electrons. The first-order valence-electron chi connectivity index (χ1n) is 9.02. The molecular weight excluding hydrogens is 318 g/mol. The van der Waals surface area contributed by atoms with Crippen LogP contribution in [0.2, 0.25) is 0 Å². The summed E-state index contributed by atoms with van der Waals surface area (Å²) in [7, 11) is 0. The summed E-state index contributed by atoms with van der Waals surface area (Å²) >= 11 is 0. The number of nitrogen functional groups attached to an aromatic ring is 1. The zero-order valence-corrected chi connectivity index (χ0v) is 15.5. The fourth-order valence-corrected chi connectivity index (χ4v) is 3.91. The van der Waals surface area contributed by atoms with Gasteiger partial charge in [-0.25, -0.2) is 4.98 Å². The van der Waals surface area contributed by atoms with Crippen LogP contribution in [0.3, 0.4) is 0 Å². The van der Waals surface area contributed by atoms with Crippen molar-refractivity contribution in [3.05, 3.63) is 76.5 Å². The number of nitrogens with zero attached hydrogens (tertiary/aromatic N) is 2. The monoisotopic (exact) mass is 341 g/mol. The Hall–Kier alpha value is -2.94. The highest BCUT2D eigenvalue weighted by Gasteiger charge is 2.09. The van der Waals surface area contributed by atoms with Crippen LogP contribution >= 0.6 is 0 Å². The zero-order valence-electron chi connectivity index (χ0n) is 15.5. The average molecular weight is 341 g/mol. The van der Waals surface area contributed by atoms with Crippen LogP contribution in [0.1, 0.15) is 27.8 Å². The lowest BCUT2D eigenvalue weighted by atomic mass is 9.94. The molecule has 0 aliphatic heterocycles. The summed E-state index contributed by atoms with van der Waals surface area (Å²) in [4.78, 5) is 9.09. The number of nitrogens with two attached hydrogens (primary N) is 1. The molecule has 0 saturated heterocycles. The molecule has 2 aromatic heterocycles. The maximum Gasteiger partial charge on any atom is 0.150 e. The van der Waals surface area contributed by atoms with Crippen LogP contribution in [-0.2, 0) is 12.8 Å². The third kappa shape index (κ3) is 2.90. The van der Waals surface area contributed by atoms with Crippen LogP contribution in [-0.4, -0.2) is 9.97 Å². The largest absolute Gasteiger partial charge is 0.382 e. The lowest BCUT2D eigenvalue weighted by Gasteiger charge is -2.12. The van der Waals surface area contributed by atoms with Crippen molar-refractivity contribution < 1.29 is 0 Å². The minimum atomic E-state index is 0.496. The van der Waals surface area contributed by atoms with E-state index in [4.69, 9.17) is 5.73 Å². The number of hydrogen-bond acceptors (Lipinski definition) is 3. The minimum Gasteiger partial charge on any atom is -0.382 e. The SMILES string of the molecule is Cc1cc(C)c(CCc2cnc3c(N)nc4ccccc4c3c2)c(C)c1. The smallest absolute Gasteiger partial charge is 0.150 e. The second-order valence-corrected chi connectivity index (χ2v) is 7.13. The first-order chi connectivity index (χ1) is 12.5. The molecule has 0 atom stereocenters. The molecule has 0 bridgehead atoms. The molecule has 130 valence electrons. The number of aryl methyl sites for hydroxylation is 4. The van der Waals surface area contributed by atoms with E-state index < -0.39 is 0 Å². The van der Waals surface area contributed by atoms with Crippen molar-refractivity contribution in [2.24, 2.45) is 0 Å². The molecule has 0 fully saturated rings. The molecule has 4 aromatic rings. The van der Waals surface area contributed by atoms with Gasteiger partial charge in [-0.3, -0.25) is 4.98 Å². The molecule has 26 heavy (non-hydrogen) atoms. The van der Waals surface area contributed by atoms with E-state index in [1.54, 1.807) is 0 Å². The Bertz CT molecular complexity index is 1110. The van der Waals surface area contributed by atoms with Gasteiger partial charge in [0.05, 0.1) is 5.52 Å². The Balaban J connectivity index is 1.73. The van der Waals surface area contributed by atoms with Gasteiger partial charge in [0.1, 0.15) is 5.52 Å². The van der Waals surface area contributed by atoms with Crippen LogP contribution in [0, 0.1) is 20.8 Å². The Morgan fingerprint density at radius 2 is 1.62 bits per heavy atom. The van der Waals surface area contributed by atoms with Crippen LogP contribution < -0.4 is 5.73 Å². The van der Waals surface area contributed by atoms with Gasteiger partial charge in [-0.2, -0.15) is 0 Å². The Kier molecular flexibility index (Phi) is 4.08. The van der Waals surface area contributed by atoms with Gasteiger partial charge in [-0.1, -0.05) is 35.9 Å². The third-order valence-electron chi connectivity index (χ3n) is 5.13. The van der Waals surface area contributed by atoms with Gasteiger partial charge in [0.15, 0.2) is 5.82 Å². The fraction of sp³-hybridized carbons (Fsp3) is 0.217. The predicted molar refractivity (Wildman–Crippen MR) is 110 cm³/mol. The minimum absolute atomic E-state index is 0.496. The highest BCUT2D eigenvalue weighted by atomic mass is 14.9. The normalized spacial score (nSPS) is 11.3. The molecule has 2 N–H and O–H groups in total. The molecule has 0 amide bonds. The Morgan fingerprint density at radius 1 is 0.885 bits per heavy atom. The van der Waals surface area contributed by atoms with Gasteiger partial charge in [-0.05, 0) is 68.0 Å². The second-order valence-electron chi connectivity index (χ2n) is 7.13. The van der Waals surface area contributed by atoms with Crippen LogP contribution in [0.4, 0.5) is 5.82 Å². The summed E-state index contributed by atoms with van der Waals surface area (Å²) in [5, 5.41) is 2.19. The quantitative estimate of drug-likeness (QED) is 0.529. The fourth-order valence-electron chi connectivity index (χ4n) is 3.91. The van der Waals surface area contributed by atoms with Crippen molar-refractivity contribution in [3.8, 4) is 0 Å². The first kappa shape index (κ1) is 16.5. The summed E-state index contributed by atoms with van der Waals surface area (Å²) in [6.45, 7) is 6.56. The second kappa shape index (κ2) is 6.41. The molecule has 0 unspecified atom stereocenters. The standard InChI is InChI=1S/C23H23N3/c1-14-10-15(2)18(16(3)11-14)9-8-17-12-20-19-6-4-5-7-21(19)26-23(24)22(20)25-13-17/h4-7,10-13H,8-9H2,1-3H3,(H2,24,26).